The molecule has 0 heterocycles. The number of carbonyl (C=O) groups is 3. The zero-order valence-electron chi connectivity index (χ0n) is 19.6. The van der Waals surface area contributed by atoms with Crippen molar-refractivity contribution in [3.8, 4) is 0 Å². The maximum Gasteiger partial charge on any atom is 0.308 e. The molecule has 0 aliphatic heterocycles. The summed E-state index contributed by atoms with van der Waals surface area (Å²) < 4.78 is 5.48. The minimum Gasteiger partial charge on any atom is -0.465 e. The molecule has 0 aromatic heterocycles. The molecule has 5 nitrogen and oxygen atoms in total. The molecule has 0 aromatic carbocycles. The monoisotopic (exact) mass is 464 g/mol. The summed E-state index contributed by atoms with van der Waals surface area (Å²) in [5, 5.41) is 9.01. The number of aliphatic hydroxyl groups excluding tert-OH is 1. The number of halogens is 1. The van der Waals surface area contributed by atoms with E-state index in [1.54, 1.807) is 0 Å². The quantitative estimate of drug-likeness (QED) is 0.467. The molecule has 4 aliphatic rings. The molecule has 3 saturated carbocycles. The first kappa shape index (κ1) is 23.9. The van der Waals surface area contributed by atoms with E-state index >= 15 is 0 Å². The van der Waals surface area contributed by atoms with Crippen LogP contribution in [0.1, 0.15) is 65.7 Å². The molecule has 3 fully saturated rings. The van der Waals surface area contributed by atoms with Crippen molar-refractivity contribution >= 4 is 29.1 Å². The highest BCUT2D eigenvalue weighted by atomic mass is 35.5. The van der Waals surface area contributed by atoms with Crippen LogP contribution in [0, 0.1) is 46.3 Å². The second-order valence-corrected chi connectivity index (χ2v) is 11.5. The fourth-order valence-electron chi connectivity index (χ4n) is 8.40. The van der Waals surface area contributed by atoms with Crippen molar-refractivity contribution < 1.29 is 24.2 Å². The van der Waals surface area contributed by atoms with Crippen LogP contribution in [0.15, 0.2) is 11.6 Å². The lowest BCUT2D eigenvalue weighted by atomic mass is 9.45. The number of rotatable bonds is 6. The number of Topliss-reactive ketones (excluding diaryl/α,β-unsaturated/α-hetero) is 1. The van der Waals surface area contributed by atoms with Crippen molar-refractivity contribution in [1.29, 1.82) is 0 Å². The molecule has 0 unspecified atom stereocenters. The van der Waals surface area contributed by atoms with Gasteiger partial charge in [-0.1, -0.05) is 26.3 Å². The number of alkyl halides is 1. The molecule has 8 atom stereocenters. The van der Waals surface area contributed by atoms with Crippen molar-refractivity contribution in [1.82, 2.24) is 0 Å². The lowest BCUT2D eigenvalue weighted by Crippen LogP contribution is -2.53. The van der Waals surface area contributed by atoms with Crippen LogP contribution in [-0.4, -0.2) is 41.7 Å². The van der Waals surface area contributed by atoms with E-state index in [4.69, 9.17) is 21.4 Å². The third-order valence-electron chi connectivity index (χ3n) is 9.71. The SMILES string of the molecule is C[C@H]1C[C@H]2[C@@H]3C[C@H](COC(=O)CCO)[C@H](C(=O)CCl)[C@@]3(C)CC[C@@H]2[C@@]2(C)CCC(=O)C=C12. The van der Waals surface area contributed by atoms with E-state index in [1.165, 1.54) is 5.57 Å². The Kier molecular flexibility index (Phi) is 6.63. The minimum absolute atomic E-state index is 0.00866. The van der Waals surface area contributed by atoms with Crippen LogP contribution in [0.5, 0.6) is 0 Å². The summed E-state index contributed by atoms with van der Waals surface area (Å²) in [5.74, 6) is 1.48. The highest BCUT2D eigenvalue weighted by molar-refractivity contribution is 6.28. The Morgan fingerprint density at radius 2 is 1.97 bits per heavy atom. The van der Waals surface area contributed by atoms with Gasteiger partial charge in [-0.2, -0.15) is 0 Å². The Morgan fingerprint density at radius 3 is 2.66 bits per heavy atom. The van der Waals surface area contributed by atoms with Crippen LogP contribution in [-0.2, 0) is 19.1 Å². The van der Waals surface area contributed by atoms with Crippen LogP contribution in [0.3, 0.4) is 0 Å². The average molecular weight is 465 g/mol. The number of ketones is 2. The normalized spacial score (nSPS) is 43.0. The lowest BCUT2D eigenvalue weighted by Gasteiger charge is -2.59. The minimum atomic E-state index is -0.414. The van der Waals surface area contributed by atoms with Crippen LogP contribution in [0.25, 0.3) is 0 Å². The molecule has 0 amide bonds. The molecule has 0 aromatic rings. The van der Waals surface area contributed by atoms with Crippen molar-refractivity contribution in [3.63, 3.8) is 0 Å². The third-order valence-corrected chi connectivity index (χ3v) is 9.97. The Balaban J connectivity index is 1.63. The largest absolute Gasteiger partial charge is 0.465 e. The van der Waals surface area contributed by atoms with E-state index in [2.05, 4.69) is 20.8 Å². The molecule has 1 N–H and O–H groups in total. The zero-order valence-corrected chi connectivity index (χ0v) is 20.3. The van der Waals surface area contributed by atoms with Gasteiger partial charge in [0.25, 0.3) is 0 Å². The number of ether oxygens (including phenoxy) is 1. The van der Waals surface area contributed by atoms with E-state index in [9.17, 15) is 14.4 Å². The van der Waals surface area contributed by atoms with Gasteiger partial charge >= 0.3 is 5.97 Å². The average Bonchev–Trinajstić information content (AvgIpc) is 3.06. The van der Waals surface area contributed by atoms with Crippen LogP contribution in [0.2, 0.25) is 0 Å². The first-order chi connectivity index (χ1) is 15.2. The highest BCUT2D eigenvalue weighted by Crippen LogP contribution is 2.68. The molecule has 178 valence electrons. The molecule has 4 rings (SSSR count). The van der Waals surface area contributed by atoms with Gasteiger partial charge in [0.2, 0.25) is 0 Å². The molecule has 0 spiro atoms. The lowest BCUT2D eigenvalue weighted by molar-refractivity contribution is -0.147. The third kappa shape index (κ3) is 3.77. The van der Waals surface area contributed by atoms with E-state index in [0.29, 0.717) is 30.1 Å². The number of carbonyl (C=O) groups excluding carboxylic acids is 3. The summed E-state index contributed by atoms with van der Waals surface area (Å²) in [6, 6.07) is 0. The molecule has 32 heavy (non-hydrogen) atoms. The van der Waals surface area contributed by atoms with Crippen molar-refractivity contribution in [2.45, 2.75) is 65.7 Å². The fourth-order valence-corrected chi connectivity index (χ4v) is 8.57. The maximum atomic E-state index is 13.0. The van der Waals surface area contributed by atoms with Crippen LogP contribution >= 0.6 is 11.6 Å². The second-order valence-electron chi connectivity index (χ2n) is 11.3. The zero-order chi connectivity index (χ0) is 23.3. The van der Waals surface area contributed by atoms with E-state index < -0.39 is 5.97 Å². The van der Waals surface area contributed by atoms with Crippen molar-refractivity contribution in [2.24, 2.45) is 46.3 Å². The fraction of sp³-hybridized carbons (Fsp3) is 0.808. The topological polar surface area (TPSA) is 80.7 Å². The Bertz CT molecular complexity index is 821. The molecule has 4 aliphatic carbocycles. The molecule has 0 saturated heterocycles. The van der Waals surface area contributed by atoms with Gasteiger partial charge in [0, 0.05) is 18.3 Å². The molecular formula is C26H37ClO5. The molecule has 0 radical (unpaired) electrons. The standard InChI is InChI=1S/C26H37ClO5/c1-15-10-18-19(25(2)7-4-17(29)12-20(15)25)5-8-26(3)21(18)11-16(24(26)22(30)13-27)14-32-23(31)6-9-28/h12,15-16,18-19,21,24,28H,4-11,13-14H2,1-3H3/t15-,16+,18+,19-,21-,24+,25+,26-/m0/s1. The Morgan fingerprint density at radius 1 is 1.22 bits per heavy atom. The summed E-state index contributed by atoms with van der Waals surface area (Å²) in [6.07, 6.45) is 7.45. The number of hydrogen-bond donors (Lipinski definition) is 1. The van der Waals surface area contributed by atoms with Crippen molar-refractivity contribution in [2.75, 3.05) is 19.1 Å². The van der Waals surface area contributed by atoms with Gasteiger partial charge in [0.05, 0.1) is 25.5 Å². The van der Waals surface area contributed by atoms with Gasteiger partial charge in [0.1, 0.15) is 0 Å². The predicted octanol–water partition coefficient (Wildman–Crippen LogP) is 4.34. The summed E-state index contributed by atoms with van der Waals surface area (Å²) in [7, 11) is 0. The maximum absolute atomic E-state index is 13.0. The summed E-state index contributed by atoms with van der Waals surface area (Å²) in [4.78, 5) is 37.1. The first-order valence-electron chi connectivity index (χ1n) is 12.3. The Labute approximate surface area is 196 Å². The van der Waals surface area contributed by atoms with E-state index in [0.717, 1.165) is 32.1 Å². The van der Waals surface area contributed by atoms with Gasteiger partial charge in [-0.3, -0.25) is 14.4 Å². The van der Waals surface area contributed by atoms with E-state index in [-0.39, 0.29) is 59.7 Å². The van der Waals surface area contributed by atoms with E-state index in [1.807, 2.05) is 6.08 Å². The number of aliphatic hydroxyl groups is 1. The highest BCUT2D eigenvalue weighted by Gasteiger charge is 2.63. The van der Waals surface area contributed by atoms with Crippen molar-refractivity contribution in [3.05, 3.63) is 11.6 Å². The van der Waals surface area contributed by atoms with Crippen LogP contribution in [0.4, 0.5) is 0 Å². The van der Waals surface area contributed by atoms with Gasteiger partial charge in [-0.15, -0.1) is 11.6 Å². The number of allylic oxidation sites excluding steroid dienone is 1. The molecule has 6 heteroatoms. The van der Waals surface area contributed by atoms with Gasteiger partial charge in [0.15, 0.2) is 11.6 Å². The molecular weight excluding hydrogens is 428 g/mol. The number of hydrogen-bond acceptors (Lipinski definition) is 5. The second kappa shape index (κ2) is 8.87. The predicted molar refractivity (Wildman–Crippen MR) is 122 cm³/mol. The summed E-state index contributed by atoms with van der Waals surface area (Å²) >= 11 is 6.06. The number of fused-ring (bicyclic) bond motifs is 5. The molecule has 0 bridgehead atoms. The van der Waals surface area contributed by atoms with Gasteiger partial charge in [-0.05, 0) is 72.7 Å². The smallest absolute Gasteiger partial charge is 0.308 e. The van der Waals surface area contributed by atoms with Crippen LogP contribution < -0.4 is 0 Å². The van der Waals surface area contributed by atoms with Gasteiger partial charge < -0.3 is 9.84 Å². The summed E-state index contributed by atoms with van der Waals surface area (Å²) in [6.45, 7) is 6.89. The van der Waals surface area contributed by atoms with Gasteiger partial charge in [-0.25, -0.2) is 0 Å². The number of esters is 1. The summed E-state index contributed by atoms with van der Waals surface area (Å²) in [5.41, 5.74) is 1.28. The Hall–Kier alpha value is -1.20. The first-order valence-corrected chi connectivity index (χ1v) is 12.8.